The average molecular weight is 510 g/mol. The van der Waals surface area contributed by atoms with E-state index in [1.807, 2.05) is 0 Å². The molecule has 0 aliphatic rings. The number of aliphatic hydroxyl groups excluding tert-OH is 1. The van der Waals surface area contributed by atoms with Crippen LogP contribution < -0.4 is 16.4 Å². The third-order valence-corrected chi connectivity index (χ3v) is 4.97. The number of amides is 2. The summed E-state index contributed by atoms with van der Waals surface area (Å²) < 4.78 is 20.1. The van der Waals surface area contributed by atoms with Gasteiger partial charge in [-0.15, -0.1) is 0 Å². The van der Waals surface area contributed by atoms with E-state index in [0.29, 0.717) is 0 Å². The van der Waals surface area contributed by atoms with Crippen molar-refractivity contribution in [1.82, 2.24) is 10.6 Å². The standard InChI is InChI=1S/C21H39N3O9S/c1-12(2)23-19(27)17(9-25)24-18(26)16(22)11-34-10-15(33-21(29)32-14(5)6)7-8-30-20(28)31-13(3)4/h12-17,25H,7-11,22H2,1-6H3,(H,23,27)(H,24,26). The molecule has 0 heterocycles. The van der Waals surface area contributed by atoms with Crippen molar-refractivity contribution in [2.45, 2.75) is 84.4 Å². The molecule has 0 aromatic carbocycles. The fourth-order valence-electron chi connectivity index (χ4n) is 2.29. The van der Waals surface area contributed by atoms with Crippen molar-refractivity contribution in [3.8, 4) is 0 Å². The van der Waals surface area contributed by atoms with E-state index in [4.69, 9.17) is 24.7 Å². The van der Waals surface area contributed by atoms with Crippen LogP contribution in [0.5, 0.6) is 0 Å². The Bertz CT molecular complexity index is 647. The maximum Gasteiger partial charge on any atom is 0.508 e. The van der Waals surface area contributed by atoms with Crippen LogP contribution in [-0.4, -0.2) is 90.4 Å². The number of nitrogens with two attached hydrogens (primary N) is 1. The first-order valence-corrected chi connectivity index (χ1v) is 12.3. The molecule has 5 N–H and O–H groups in total. The third-order valence-electron chi connectivity index (χ3n) is 3.77. The van der Waals surface area contributed by atoms with E-state index in [1.165, 1.54) is 11.8 Å². The molecule has 0 saturated heterocycles. The zero-order valence-corrected chi connectivity index (χ0v) is 21.5. The topological polar surface area (TPSA) is 176 Å². The number of nitrogens with one attached hydrogen (secondary N) is 2. The summed E-state index contributed by atoms with van der Waals surface area (Å²) in [6.07, 6.45) is -2.90. The van der Waals surface area contributed by atoms with Gasteiger partial charge in [0.1, 0.15) is 12.1 Å². The number of hydrogen-bond acceptors (Lipinski definition) is 11. The van der Waals surface area contributed by atoms with Gasteiger partial charge in [-0.05, 0) is 41.5 Å². The van der Waals surface area contributed by atoms with E-state index < -0.39 is 48.9 Å². The second kappa shape index (κ2) is 17.2. The summed E-state index contributed by atoms with van der Waals surface area (Å²) in [5.41, 5.74) is 5.90. The minimum absolute atomic E-state index is 0.0541. The summed E-state index contributed by atoms with van der Waals surface area (Å²) >= 11 is 1.23. The van der Waals surface area contributed by atoms with Crippen LogP contribution in [-0.2, 0) is 28.5 Å². The lowest BCUT2D eigenvalue weighted by Crippen LogP contribution is -2.54. The Labute approximate surface area is 204 Å². The molecule has 0 rings (SSSR count). The van der Waals surface area contributed by atoms with E-state index in [1.54, 1.807) is 41.5 Å². The second-order valence-electron chi connectivity index (χ2n) is 8.26. The minimum Gasteiger partial charge on any atom is -0.434 e. The number of ether oxygens (including phenoxy) is 4. The molecule has 13 heteroatoms. The van der Waals surface area contributed by atoms with Crippen molar-refractivity contribution in [3.63, 3.8) is 0 Å². The van der Waals surface area contributed by atoms with Crippen LogP contribution in [0.1, 0.15) is 48.0 Å². The van der Waals surface area contributed by atoms with Gasteiger partial charge in [0.15, 0.2) is 0 Å². The highest BCUT2D eigenvalue weighted by molar-refractivity contribution is 7.99. The fourth-order valence-corrected chi connectivity index (χ4v) is 3.33. The Balaban J connectivity index is 4.72. The molecule has 0 radical (unpaired) electrons. The van der Waals surface area contributed by atoms with Gasteiger partial charge in [-0.2, -0.15) is 11.8 Å². The van der Waals surface area contributed by atoms with Crippen molar-refractivity contribution in [2.75, 3.05) is 24.7 Å². The largest absolute Gasteiger partial charge is 0.508 e. The lowest BCUT2D eigenvalue weighted by atomic mass is 10.2. The summed E-state index contributed by atoms with van der Waals surface area (Å²) in [6.45, 7) is 9.60. The molecule has 3 atom stereocenters. The van der Waals surface area contributed by atoms with Crippen LogP contribution in [0, 0.1) is 0 Å². The molecule has 34 heavy (non-hydrogen) atoms. The first-order valence-electron chi connectivity index (χ1n) is 11.1. The summed E-state index contributed by atoms with van der Waals surface area (Å²) in [5, 5.41) is 14.4. The van der Waals surface area contributed by atoms with Gasteiger partial charge in [0.05, 0.1) is 31.5 Å². The molecule has 0 aliphatic carbocycles. The van der Waals surface area contributed by atoms with Crippen LogP contribution in [0.15, 0.2) is 0 Å². The number of carbonyl (C=O) groups excluding carboxylic acids is 4. The van der Waals surface area contributed by atoms with Crippen molar-refractivity contribution < 1.29 is 43.2 Å². The Hall–Kier alpha value is -2.25. The van der Waals surface area contributed by atoms with Gasteiger partial charge in [0.25, 0.3) is 0 Å². The normalized spacial score (nSPS) is 13.7. The maximum absolute atomic E-state index is 12.3. The first kappa shape index (κ1) is 31.8. The monoisotopic (exact) mass is 509 g/mol. The molecule has 0 aliphatic heterocycles. The highest BCUT2D eigenvalue weighted by Gasteiger charge is 2.24. The zero-order valence-electron chi connectivity index (χ0n) is 20.7. The predicted octanol–water partition coefficient (Wildman–Crippen LogP) is 0.931. The molecule has 198 valence electrons. The van der Waals surface area contributed by atoms with E-state index in [0.717, 1.165) is 0 Å². The Morgan fingerprint density at radius 2 is 1.44 bits per heavy atom. The van der Waals surface area contributed by atoms with E-state index in [-0.39, 0.29) is 42.8 Å². The third kappa shape index (κ3) is 15.6. The maximum atomic E-state index is 12.3. The molecule has 2 amide bonds. The first-order chi connectivity index (χ1) is 15.8. The van der Waals surface area contributed by atoms with Gasteiger partial charge in [0.2, 0.25) is 11.8 Å². The quantitative estimate of drug-likeness (QED) is 0.231. The minimum atomic E-state index is -1.12. The molecule has 12 nitrogen and oxygen atoms in total. The highest BCUT2D eigenvalue weighted by atomic mass is 32.2. The summed E-state index contributed by atoms with van der Waals surface area (Å²) in [4.78, 5) is 47.7. The van der Waals surface area contributed by atoms with Gasteiger partial charge < -0.3 is 40.4 Å². The van der Waals surface area contributed by atoms with Crippen LogP contribution in [0.2, 0.25) is 0 Å². The second-order valence-corrected chi connectivity index (χ2v) is 9.34. The molecular weight excluding hydrogens is 470 g/mol. The van der Waals surface area contributed by atoms with Crippen molar-refractivity contribution in [2.24, 2.45) is 5.73 Å². The van der Waals surface area contributed by atoms with Crippen molar-refractivity contribution in [3.05, 3.63) is 0 Å². The Morgan fingerprint density at radius 1 is 0.853 bits per heavy atom. The highest BCUT2D eigenvalue weighted by Crippen LogP contribution is 2.13. The molecule has 0 fully saturated rings. The van der Waals surface area contributed by atoms with Gasteiger partial charge >= 0.3 is 12.3 Å². The van der Waals surface area contributed by atoms with Gasteiger partial charge in [-0.3, -0.25) is 9.59 Å². The molecular formula is C21H39N3O9S. The summed E-state index contributed by atoms with van der Waals surface area (Å²) in [6, 6.07) is -2.25. The van der Waals surface area contributed by atoms with Crippen LogP contribution in [0.4, 0.5) is 9.59 Å². The smallest absolute Gasteiger partial charge is 0.434 e. The van der Waals surface area contributed by atoms with Crippen LogP contribution in [0.25, 0.3) is 0 Å². The number of hydrogen-bond donors (Lipinski definition) is 4. The van der Waals surface area contributed by atoms with Gasteiger partial charge in [-0.25, -0.2) is 9.59 Å². The molecule has 0 saturated carbocycles. The fraction of sp³-hybridized carbons (Fsp3) is 0.810. The molecule has 0 bridgehead atoms. The summed E-state index contributed by atoms with van der Waals surface area (Å²) in [7, 11) is 0. The molecule has 0 aromatic rings. The molecule has 0 spiro atoms. The van der Waals surface area contributed by atoms with Crippen LogP contribution in [0.3, 0.4) is 0 Å². The summed E-state index contributed by atoms with van der Waals surface area (Å²) in [5.74, 6) is -0.736. The lowest BCUT2D eigenvalue weighted by Gasteiger charge is -2.21. The average Bonchev–Trinajstić information content (AvgIpc) is 2.69. The zero-order chi connectivity index (χ0) is 26.3. The van der Waals surface area contributed by atoms with Crippen molar-refractivity contribution in [1.29, 1.82) is 0 Å². The SMILES string of the molecule is CC(C)NC(=O)C(CO)NC(=O)C(N)CSCC(CCOC(=O)OC(C)C)OC(=O)OC(C)C. The number of rotatable bonds is 15. The van der Waals surface area contributed by atoms with E-state index in [2.05, 4.69) is 10.6 Å². The van der Waals surface area contributed by atoms with Gasteiger partial charge in [0, 0.05) is 24.0 Å². The molecule has 3 unspecified atom stereocenters. The predicted molar refractivity (Wildman–Crippen MR) is 126 cm³/mol. The van der Waals surface area contributed by atoms with E-state index in [9.17, 15) is 24.3 Å². The molecule has 0 aromatic heterocycles. The van der Waals surface area contributed by atoms with Crippen LogP contribution >= 0.6 is 11.8 Å². The Kier molecular flexibility index (Phi) is 16.1. The van der Waals surface area contributed by atoms with E-state index >= 15 is 0 Å². The Morgan fingerprint density at radius 3 is 1.97 bits per heavy atom. The lowest BCUT2D eigenvalue weighted by molar-refractivity contribution is -0.130. The number of carbonyl (C=O) groups is 4. The number of aliphatic hydroxyl groups is 1. The van der Waals surface area contributed by atoms with Gasteiger partial charge in [-0.1, -0.05) is 0 Å². The van der Waals surface area contributed by atoms with Crippen molar-refractivity contribution >= 4 is 35.9 Å². The number of thioether (sulfide) groups is 1.